The van der Waals surface area contributed by atoms with E-state index in [1.807, 2.05) is 4.90 Å². The minimum atomic E-state index is -1.07. The van der Waals surface area contributed by atoms with Gasteiger partial charge in [-0.2, -0.15) is 0 Å². The van der Waals surface area contributed by atoms with E-state index in [4.69, 9.17) is 5.11 Å². The number of carbonyl (C=O) groups excluding carboxylic acids is 1. The highest BCUT2D eigenvalue weighted by Gasteiger charge is 2.30. The van der Waals surface area contributed by atoms with E-state index in [2.05, 4.69) is 21.8 Å². The van der Waals surface area contributed by atoms with Crippen molar-refractivity contribution in [2.24, 2.45) is 11.8 Å². The van der Waals surface area contributed by atoms with E-state index in [1.54, 1.807) is 0 Å². The third-order valence-corrected chi connectivity index (χ3v) is 5.12. The summed E-state index contributed by atoms with van der Waals surface area (Å²) >= 11 is 0. The van der Waals surface area contributed by atoms with Crippen LogP contribution in [0.4, 0.5) is 5.82 Å². The summed E-state index contributed by atoms with van der Waals surface area (Å²) in [5.74, 6) is 0.727. The lowest BCUT2D eigenvalue weighted by molar-refractivity contribution is -0.137. The van der Waals surface area contributed by atoms with E-state index >= 15 is 0 Å². The normalized spacial score (nSPS) is 20.2. The Balaban J connectivity index is 1.53. The van der Waals surface area contributed by atoms with E-state index in [9.17, 15) is 9.59 Å². The maximum atomic E-state index is 12.6. The maximum Gasteiger partial charge on any atom is 0.356 e. The second-order valence-corrected chi connectivity index (χ2v) is 6.83. The molecule has 2 aliphatic rings. The zero-order valence-electron chi connectivity index (χ0n) is 14.0. The second kappa shape index (κ2) is 7.15. The fourth-order valence-corrected chi connectivity index (χ4v) is 3.44. The van der Waals surface area contributed by atoms with Crippen LogP contribution in [-0.4, -0.2) is 58.0 Å². The van der Waals surface area contributed by atoms with Crippen LogP contribution in [0.15, 0.2) is 12.4 Å². The monoisotopic (exact) mass is 332 g/mol. The van der Waals surface area contributed by atoms with Crippen LogP contribution in [0.5, 0.6) is 0 Å². The van der Waals surface area contributed by atoms with E-state index < -0.39 is 5.97 Å². The Morgan fingerprint density at radius 2 is 1.71 bits per heavy atom. The fraction of sp³-hybridized carbons (Fsp3) is 0.647. The molecule has 1 aromatic rings. The highest BCUT2D eigenvalue weighted by atomic mass is 16.4. The number of aromatic carboxylic acids is 1. The second-order valence-electron chi connectivity index (χ2n) is 6.83. The Labute approximate surface area is 141 Å². The summed E-state index contributed by atoms with van der Waals surface area (Å²) in [5.41, 5.74) is -0.0526. The molecule has 3 rings (SSSR count). The van der Waals surface area contributed by atoms with Gasteiger partial charge in [-0.25, -0.2) is 14.8 Å². The molecule has 0 aromatic carbocycles. The summed E-state index contributed by atoms with van der Waals surface area (Å²) in [6.45, 7) is 5.53. The van der Waals surface area contributed by atoms with Gasteiger partial charge in [0.25, 0.3) is 0 Å². The van der Waals surface area contributed by atoms with Crippen LogP contribution in [0.1, 0.15) is 43.1 Å². The van der Waals surface area contributed by atoms with Crippen LogP contribution < -0.4 is 4.90 Å². The first-order valence-electron chi connectivity index (χ1n) is 8.63. The highest BCUT2D eigenvalue weighted by molar-refractivity contribution is 5.85. The van der Waals surface area contributed by atoms with Gasteiger partial charge in [0.1, 0.15) is 5.82 Å². The smallest absolute Gasteiger partial charge is 0.356 e. The van der Waals surface area contributed by atoms with Crippen molar-refractivity contribution < 1.29 is 14.7 Å². The molecule has 0 bridgehead atoms. The zero-order valence-corrected chi connectivity index (χ0v) is 14.0. The number of aromatic nitrogens is 2. The van der Waals surface area contributed by atoms with Crippen LogP contribution >= 0.6 is 0 Å². The van der Waals surface area contributed by atoms with Crippen LogP contribution in [0.2, 0.25) is 0 Å². The Hall–Kier alpha value is -2.18. The molecule has 7 heteroatoms. The molecule has 130 valence electrons. The molecule has 0 saturated carbocycles. The predicted molar refractivity (Wildman–Crippen MR) is 88.9 cm³/mol. The SMILES string of the molecule is CC1CCN(C(=O)C2CCN(c3cnc(C(=O)O)cn3)CC2)CC1. The number of nitrogens with zero attached hydrogens (tertiary/aromatic N) is 4. The molecule has 3 heterocycles. The molecule has 24 heavy (non-hydrogen) atoms. The van der Waals surface area contributed by atoms with Crippen LogP contribution in [0.25, 0.3) is 0 Å². The molecule has 1 aromatic heterocycles. The van der Waals surface area contributed by atoms with Gasteiger partial charge in [0.05, 0.1) is 12.4 Å². The number of piperidine rings is 2. The first-order valence-corrected chi connectivity index (χ1v) is 8.63. The molecular formula is C17H24N4O3. The molecule has 7 nitrogen and oxygen atoms in total. The van der Waals surface area contributed by atoms with Crippen molar-refractivity contribution in [1.82, 2.24) is 14.9 Å². The minimum Gasteiger partial charge on any atom is -0.476 e. The van der Waals surface area contributed by atoms with Gasteiger partial charge < -0.3 is 14.9 Å². The summed E-state index contributed by atoms with van der Waals surface area (Å²) in [6.07, 6.45) is 6.62. The third-order valence-electron chi connectivity index (χ3n) is 5.12. The molecule has 1 amide bonds. The molecule has 2 saturated heterocycles. The first kappa shape index (κ1) is 16.7. The molecule has 0 atom stereocenters. The molecule has 0 aliphatic carbocycles. The van der Waals surface area contributed by atoms with Crippen molar-refractivity contribution in [2.45, 2.75) is 32.6 Å². The van der Waals surface area contributed by atoms with E-state index in [0.29, 0.717) is 11.7 Å². The predicted octanol–water partition coefficient (Wildman–Crippen LogP) is 1.65. The van der Waals surface area contributed by atoms with Crippen molar-refractivity contribution in [2.75, 3.05) is 31.1 Å². The average Bonchev–Trinajstić information content (AvgIpc) is 2.62. The Morgan fingerprint density at radius 1 is 1.04 bits per heavy atom. The lowest BCUT2D eigenvalue weighted by Crippen LogP contribution is -2.45. The van der Waals surface area contributed by atoms with E-state index in [0.717, 1.165) is 57.8 Å². The van der Waals surface area contributed by atoms with E-state index in [-0.39, 0.29) is 11.6 Å². The number of anilines is 1. The van der Waals surface area contributed by atoms with Crippen LogP contribution in [0, 0.1) is 11.8 Å². The number of carbonyl (C=O) groups is 2. The number of carboxylic acids is 1. The number of carboxylic acid groups (broad SMARTS) is 1. The lowest BCUT2D eigenvalue weighted by atomic mass is 9.93. The molecule has 0 spiro atoms. The molecule has 2 fully saturated rings. The van der Waals surface area contributed by atoms with Crippen molar-refractivity contribution in [3.05, 3.63) is 18.1 Å². The number of hydrogen-bond acceptors (Lipinski definition) is 5. The average molecular weight is 332 g/mol. The van der Waals surface area contributed by atoms with Gasteiger partial charge in [-0.1, -0.05) is 6.92 Å². The Bertz CT molecular complexity index is 588. The number of amides is 1. The van der Waals surface area contributed by atoms with Gasteiger partial charge in [0.2, 0.25) is 5.91 Å². The number of rotatable bonds is 3. The quantitative estimate of drug-likeness (QED) is 0.906. The van der Waals surface area contributed by atoms with Gasteiger partial charge in [-0.15, -0.1) is 0 Å². The zero-order chi connectivity index (χ0) is 17.1. The molecule has 1 N–H and O–H groups in total. The molecule has 2 aliphatic heterocycles. The van der Waals surface area contributed by atoms with Gasteiger partial charge >= 0.3 is 5.97 Å². The summed E-state index contributed by atoms with van der Waals surface area (Å²) in [6, 6.07) is 0. The van der Waals surface area contributed by atoms with Gasteiger partial charge in [0.15, 0.2) is 5.69 Å². The first-order chi connectivity index (χ1) is 11.5. The van der Waals surface area contributed by atoms with Crippen molar-refractivity contribution in [3.63, 3.8) is 0 Å². The summed E-state index contributed by atoms with van der Waals surface area (Å²) < 4.78 is 0. The summed E-state index contributed by atoms with van der Waals surface area (Å²) in [4.78, 5) is 35.6. The van der Waals surface area contributed by atoms with Crippen LogP contribution in [-0.2, 0) is 4.79 Å². The Kier molecular flexibility index (Phi) is 4.97. The standard InChI is InChI=1S/C17H24N4O3/c1-12-2-6-21(7-3-12)16(22)13-4-8-20(9-5-13)15-11-18-14(10-19-15)17(23)24/h10-13H,2-9H2,1H3,(H,23,24). The number of hydrogen-bond donors (Lipinski definition) is 1. The van der Waals surface area contributed by atoms with Crippen molar-refractivity contribution in [1.29, 1.82) is 0 Å². The van der Waals surface area contributed by atoms with Gasteiger partial charge in [-0.05, 0) is 31.6 Å². The largest absolute Gasteiger partial charge is 0.476 e. The fourth-order valence-electron chi connectivity index (χ4n) is 3.44. The lowest BCUT2D eigenvalue weighted by Gasteiger charge is -2.37. The Morgan fingerprint density at radius 3 is 2.25 bits per heavy atom. The van der Waals surface area contributed by atoms with Gasteiger partial charge in [0, 0.05) is 32.1 Å². The van der Waals surface area contributed by atoms with Crippen molar-refractivity contribution in [3.8, 4) is 0 Å². The molecule has 0 radical (unpaired) electrons. The third kappa shape index (κ3) is 3.66. The molecular weight excluding hydrogens is 308 g/mol. The van der Waals surface area contributed by atoms with Gasteiger partial charge in [-0.3, -0.25) is 4.79 Å². The summed E-state index contributed by atoms with van der Waals surface area (Å²) in [7, 11) is 0. The van der Waals surface area contributed by atoms with E-state index in [1.165, 1.54) is 12.4 Å². The number of likely N-dealkylation sites (tertiary alicyclic amines) is 1. The van der Waals surface area contributed by atoms with Crippen LogP contribution in [0.3, 0.4) is 0 Å². The maximum absolute atomic E-state index is 12.6. The topological polar surface area (TPSA) is 86.6 Å². The molecule has 0 unspecified atom stereocenters. The highest BCUT2D eigenvalue weighted by Crippen LogP contribution is 2.25. The minimum absolute atomic E-state index is 0.0526. The summed E-state index contributed by atoms with van der Waals surface area (Å²) in [5, 5.41) is 8.86. The van der Waals surface area contributed by atoms with Crippen molar-refractivity contribution >= 4 is 17.7 Å².